The van der Waals surface area contributed by atoms with E-state index in [9.17, 15) is 24.6 Å². The molecule has 0 radical (unpaired) electrons. The van der Waals surface area contributed by atoms with Gasteiger partial charge in [0, 0.05) is 32.4 Å². The second-order valence-corrected chi connectivity index (χ2v) is 8.67. The Labute approximate surface area is 198 Å². The van der Waals surface area contributed by atoms with Crippen molar-refractivity contribution in [3.05, 3.63) is 65.2 Å². The second-order valence-electron chi connectivity index (χ2n) is 8.67. The number of aryl methyl sites for hydroxylation is 1. The third kappa shape index (κ3) is 7.34. The van der Waals surface area contributed by atoms with Crippen LogP contribution in [-0.2, 0) is 27.2 Å². The molecule has 2 aromatic rings. The molecule has 0 spiro atoms. The van der Waals surface area contributed by atoms with Gasteiger partial charge in [-0.05, 0) is 60.6 Å². The van der Waals surface area contributed by atoms with Crippen molar-refractivity contribution in [1.82, 2.24) is 10.2 Å². The smallest absolute Gasteiger partial charge is 0.326 e. The van der Waals surface area contributed by atoms with Gasteiger partial charge in [-0.3, -0.25) is 9.59 Å². The van der Waals surface area contributed by atoms with Crippen LogP contribution < -0.4 is 5.32 Å². The number of carbonyl (C=O) groups excluding carboxylic acids is 2. The number of benzene rings is 2. The molecule has 0 bridgehead atoms. The van der Waals surface area contributed by atoms with Crippen molar-refractivity contribution >= 4 is 17.8 Å². The van der Waals surface area contributed by atoms with Crippen molar-refractivity contribution < 1.29 is 24.6 Å². The van der Waals surface area contributed by atoms with Gasteiger partial charge in [0.05, 0.1) is 11.6 Å². The highest BCUT2D eigenvalue weighted by atomic mass is 16.4. The molecule has 8 heteroatoms. The van der Waals surface area contributed by atoms with Gasteiger partial charge in [-0.1, -0.05) is 24.3 Å². The van der Waals surface area contributed by atoms with Gasteiger partial charge in [0.25, 0.3) is 0 Å². The number of carboxylic acid groups (broad SMARTS) is 1. The average Bonchev–Trinajstić information content (AvgIpc) is 2.84. The predicted octanol–water partition coefficient (Wildman–Crippen LogP) is 2.64. The highest BCUT2D eigenvalue weighted by Crippen LogP contribution is 2.22. The molecular weight excluding hydrogens is 434 g/mol. The first-order chi connectivity index (χ1) is 16.3. The first-order valence-corrected chi connectivity index (χ1v) is 11.4. The number of amides is 2. The molecule has 3 N–H and O–H groups in total. The van der Waals surface area contributed by atoms with Gasteiger partial charge in [0.2, 0.25) is 11.8 Å². The zero-order valence-corrected chi connectivity index (χ0v) is 18.9. The number of phenols is 1. The van der Waals surface area contributed by atoms with Crippen molar-refractivity contribution in [3.63, 3.8) is 0 Å². The molecule has 0 unspecified atom stereocenters. The maximum atomic E-state index is 12.6. The summed E-state index contributed by atoms with van der Waals surface area (Å²) >= 11 is 0. The van der Waals surface area contributed by atoms with Crippen LogP contribution >= 0.6 is 0 Å². The first kappa shape index (κ1) is 24.8. The summed E-state index contributed by atoms with van der Waals surface area (Å²) in [4.78, 5) is 38.4. The van der Waals surface area contributed by atoms with Gasteiger partial charge in [-0.2, -0.15) is 5.26 Å². The van der Waals surface area contributed by atoms with E-state index in [0.29, 0.717) is 49.9 Å². The van der Waals surface area contributed by atoms with Crippen LogP contribution in [0, 0.1) is 17.2 Å². The fraction of sp³-hybridized carbons (Fsp3) is 0.385. The summed E-state index contributed by atoms with van der Waals surface area (Å²) in [6, 6.07) is 14.5. The van der Waals surface area contributed by atoms with E-state index in [1.54, 1.807) is 24.3 Å². The molecule has 3 rings (SSSR count). The number of carbonyl (C=O) groups is 3. The fourth-order valence-electron chi connectivity index (χ4n) is 4.13. The molecule has 0 saturated carbocycles. The number of hydrogen-bond donors (Lipinski definition) is 3. The van der Waals surface area contributed by atoms with Crippen molar-refractivity contribution in [3.8, 4) is 11.8 Å². The van der Waals surface area contributed by atoms with Gasteiger partial charge in [-0.15, -0.1) is 0 Å². The number of carboxylic acids is 1. The van der Waals surface area contributed by atoms with Gasteiger partial charge in [0.1, 0.15) is 11.8 Å². The summed E-state index contributed by atoms with van der Waals surface area (Å²) in [5.74, 6) is -1.14. The van der Waals surface area contributed by atoms with E-state index in [4.69, 9.17) is 5.26 Å². The number of piperidine rings is 1. The van der Waals surface area contributed by atoms with Crippen LogP contribution in [0.4, 0.5) is 0 Å². The molecule has 1 aliphatic rings. The Bertz CT molecular complexity index is 1040. The molecule has 1 saturated heterocycles. The Hall–Kier alpha value is -3.86. The van der Waals surface area contributed by atoms with E-state index < -0.39 is 12.0 Å². The molecule has 1 atom stereocenters. The Morgan fingerprint density at radius 1 is 1.03 bits per heavy atom. The standard InChI is InChI=1S/C26H29N3O5/c27-17-21-3-1-18(2-4-21)7-10-25(32)29-13-11-20(12-14-29)16-24(31)28-23(26(33)34)15-19-5-8-22(30)9-6-19/h1-6,8-9,20,23,30H,7,10-16H2,(H,28,31)(H,33,34)/t23-/m0/s1. The molecule has 34 heavy (non-hydrogen) atoms. The molecule has 0 aromatic heterocycles. The predicted molar refractivity (Wildman–Crippen MR) is 125 cm³/mol. The summed E-state index contributed by atoms with van der Waals surface area (Å²) in [6.07, 6.45) is 2.77. The van der Waals surface area contributed by atoms with Crippen LogP contribution in [0.25, 0.3) is 0 Å². The molecule has 1 aliphatic heterocycles. The number of aromatic hydroxyl groups is 1. The zero-order valence-electron chi connectivity index (χ0n) is 18.9. The Morgan fingerprint density at radius 3 is 2.24 bits per heavy atom. The number of rotatable bonds is 9. The highest BCUT2D eigenvalue weighted by Gasteiger charge is 2.26. The summed E-state index contributed by atoms with van der Waals surface area (Å²) < 4.78 is 0. The van der Waals surface area contributed by atoms with E-state index in [0.717, 1.165) is 5.56 Å². The lowest BCUT2D eigenvalue weighted by molar-refractivity contribution is -0.142. The monoisotopic (exact) mass is 463 g/mol. The molecule has 1 heterocycles. The number of nitriles is 1. The molecule has 178 valence electrons. The number of likely N-dealkylation sites (tertiary alicyclic amines) is 1. The number of nitrogens with zero attached hydrogens (tertiary/aromatic N) is 2. The summed E-state index contributed by atoms with van der Waals surface area (Å²) in [5, 5.41) is 30.3. The van der Waals surface area contributed by atoms with Gasteiger partial charge in [0.15, 0.2) is 0 Å². The van der Waals surface area contributed by atoms with Crippen molar-refractivity contribution in [1.29, 1.82) is 5.26 Å². The third-order valence-electron chi connectivity index (χ3n) is 6.16. The number of phenolic OH excluding ortho intramolecular Hbond substituents is 1. The van der Waals surface area contributed by atoms with Crippen molar-refractivity contribution in [2.45, 2.75) is 44.6 Å². The van der Waals surface area contributed by atoms with Crippen LogP contribution in [-0.4, -0.2) is 52.0 Å². The minimum atomic E-state index is -1.11. The zero-order chi connectivity index (χ0) is 24.5. The Morgan fingerprint density at radius 2 is 1.65 bits per heavy atom. The number of aliphatic carboxylic acids is 1. The van der Waals surface area contributed by atoms with Gasteiger partial charge < -0.3 is 20.4 Å². The third-order valence-corrected chi connectivity index (χ3v) is 6.16. The van der Waals surface area contributed by atoms with E-state index >= 15 is 0 Å². The molecule has 1 fully saturated rings. The lowest BCUT2D eigenvalue weighted by Gasteiger charge is -2.32. The minimum absolute atomic E-state index is 0.0760. The minimum Gasteiger partial charge on any atom is -0.508 e. The van der Waals surface area contributed by atoms with E-state index in [-0.39, 0.29) is 36.3 Å². The van der Waals surface area contributed by atoms with E-state index in [2.05, 4.69) is 11.4 Å². The maximum absolute atomic E-state index is 12.6. The molecule has 0 aliphatic carbocycles. The highest BCUT2D eigenvalue weighted by molar-refractivity contribution is 5.84. The Kier molecular flexibility index (Phi) is 8.63. The quantitative estimate of drug-likeness (QED) is 0.524. The van der Waals surface area contributed by atoms with Crippen molar-refractivity contribution in [2.24, 2.45) is 5.92 Å². The van der Waals surface area contributed by atoms with Crippen LogP contribution in [0.15, 0.2) is 48.5 Å². The second kappa shape index (κ2) is 11.8. The molecule has 2 amide bonds. The summed E-state index contributed by atoms with van der Waals surface area (Å²) in [6.45, 7) is 1.17. The van der Waals surface area contributed by atoms with Crippen LogP contribution in [0.1, 0.15) is 42.4 Å². The topological polar surface area (TPSA) is 131 Å². The number of hydrogen-bond acceptors (Lipinski definition) is 5. The van der Waals surface area contributed by atoms with Gasteiger partial charge in [-0.25, -0.2) is 4.79 Å². The van der Waals surface area contributed by atoms with Crippen molar-refractivity contribution in [2.75, 3.05) is 13.1 Å². The van der Waals surface area contributed by atoms with E-state index in [1.807, 2.05) is 17.0 Å². The lowest BCUT2D eigenvalue weighted by atomic mass is 9.92. The first-order valence-electron chi connectivity index (χ1n) is 11.4. The SMILES string of the molecule is N#Cc1ccc(CCC(=O)N2CCC(CC(=O)N[C@@H](Cc3ccc(O)cc3)C(=O)O)CC2)cc1. The summed E-state index contributed by atoms with van der Waals surface area (Å²) in [7, 11) is 0. The summed E-state index contributed by atoms with van der Waals surface area (Å²) in [5.41, 5.74) is 2.31. The Balaban J connectivity index is 1.41. The lowest BCUT2D eigenvalue weighted by Crippen LogP contribution is -2.44. The molecular formula is C26H29N3O5. The van der Waals surface area contributed by atoms with Crippen LogP contribution in [0.2, 0.25) is 0 Å². The number of nitrogens with one attached hydrogen (secondary N) is 1. The fourth-order valence-corrected chi connectivity index (χ4v) is 4.13. The van der Waals surface area contributed by atoms with Gasteiger partial charge >= 0.3 is 5.97 Å². The van der Waals surface area contributed by atoms with Crippen LogP contribution in [0.3, 0.4) is 0 Å². The van der Waals surface area contributed by atoms with Crippen LogP contribution in [0.5, 0.6) is 5.75 Å². The maximum Gasteiger partial charge on any atom is 0.326 e. The average molecular weight is 464 g/mol. The normalized spacial score (nSPS) is 14.7. The largest absolute Gasteiger partial charge is 0.508 e. The molecule has 8 nitrogen and oxygen atoms in total. The van der Waals surface area contributed by atoms with E-state index in [1.165, 1.54) is 12.1 Å². The molecule has 2 aromatic carbocycles.